The number of carbonyl (C=O) groups excluding carboxylic acids is 1. The highest BCUT2D eigenvalue weighted by Crippen LogP contribution is 2.23. The Morgan fingerprint density at radius 2 is 2.17 bits per heavy atom. The van der Waals surface area contributed by atoms with Gasteiger partial charge in [-0.1, -0.05) is 15.9 Å². The third kappa shape index (κ3) is 4.66. The quantitative estimate of drug-likeness (QED) is 0.756. The van der Waals surface area contributed by atoms with E-state index < -0.39 is 0 Å². The smallest absolute Gasteiger partial charge is 0.320 e. The SMILES string of the molecule is CCOC(=O)CN(C)Cc1cc(OC)ccc1Br. The minimum atomic E-state index is -0.209. The fourth-order valence-corrected chi connectivity index (χ4v) is 1.94. The van der Waals surface area contributed by atoms with Crippen molar-refractivity contribution in [3.8, 4) is 5.75 Å². The van der Waals surface area contributed by atoms with E-state index in [1.165, 1.54) is 0 Å². The number of rotatable bonds is 6. The highest BCUT2D eigenvalue weighted by atomic mass is 79.9. The first-order chi connectivity index (χ1) is 8.56. The molecule has 100 valence electrons. The van der Waals surface area contributed by atoms with Gasteiger partial charge >= 0.3 is 5.97 Å². The zero-order chi connectivity index (χ0) is 13.5. The second kappa shape index (κ2) is 7.38. The molecule has 0 heterocycles. The average Bonchev–Trinajstić information content (AvgIpc) is 2.32. The number of hydrogen-bond donors (Lipinski definition) is 0. The number of ether oxygens (including phenoxy) is 2. The van der Waals surface area contributed by atoms with E-state index in [2.05, 4.69) is 15.9 Å². The molecule has 1 aromatic carbocycles. The molecule has 0 saturated carbocycles. The summed E-state index contributed by atoms with van der Waals surface area (Å²) in [7, 11) is 3.51. The zero-order valence-corrected chi connectivity index (χ0v) is 12.5. The molecule has 1 rings (SSSR count). The molecular weight excluding hydrogens is 298 g/mol. The van der Waals surface area contributed by atoms with Crippen LogP contribution in [0.3, 0.4) is 0 Å². The van der Waals surface area contributed by atoms with Crippen LogP contribution in [0.4, 0.5) is 0 Å². The minimum Gasteiger partial charge on any atom is -0.497 e. The minimum absolute atomic E-state index is 0.209. The van der Waals surface area contributed by atoms with Crippen LogP contribution in [0.25, 0.3) is 0 Å². The van der Waals surface area contributed by atoms with Crippen LogP contribution >= 0.6 is 15.9 Å². The molecule has 0 unspecified atom stereocenters. The fourth-order valence-electron chi connectivity index (χ4n) is 1.57. The summed E-state index contributed by atoms with van der Waals surface area (Å²) in [5.41, 5.74) is 1.07. The van der Waals surface area contributed by atoms with E-state index in [4.69, 9.17) is 9.47 Å². The summed E-state index contributed by atoms with van der Waals surface area (Å²) in [4.78, 5) is 13.3. The number of methoxy groups -OCH3 is 1. The van der Waals surface area contributed by atoms with E-state index in [1.807, 2.05) is 30.1 Å². The van der Waals surface area contributed by atoms with Gasteiger partial charge in [-0.2, -0.15) is 0 Å². The molecule has 18 heavy (non-hydrogen) atoms. The van der Waals surface area contributed by atoms with Gasteiger partial charge in [0.1, 0.15) is 5.75 Å². The van der Waals surface area contributed by atoms with Crippen LogP contribution in [-0.4, -0.2) is 38.2 Å². The lowest BCUT2D eigenvalue weighted by Crippen LogP contribution is -2.27. The summed E-state index contributed by atoms with van der Waals surface area (Å²) in [5.74, 6) is 0.594. The van der Waals surface area contributed by atoms with Crippen LogP contribution in [0, 0.1) is 0 Å². The van der Waals surface area contributed by atoms with Gasteiger partial charge in [0.05, 0.1) is 20.3 Å². The number of halogens is 1. The van der Waals surface area contributed by atoms with Gasteiger partial charge in [-0.15, -0.1) is 0 Å². The first kappa shape index (κ1) is 15.0. The topological polar surface area (TPSA) is 38.8 Å². The van der Waals surface area contributed by atoms with Crippen molar-refractivity contribution in [2.45, 2.75) is 13.5 Å². The molecular formula is C13H18BrNO3. The molecule has 0 atom stereocenters. The third-order valence-corrected chi connectivity index (χ3v) is 3.17. The van der Waals surface area contributed by atoms with Crippen molar-refractivity contribution in [3.63, 3.8) is 0 Å². The Balaban J connectivity index is 2.63. The Morgan fingerprint density at radius 1 is 1.44 bits per heavy atom. The van der Waals surface area contributed by atoms with E-state index in [1.54, 1.807) is 14.0 Å². The molecule has 0 N–H and O–H groups in total. The molecule has 0 aliphatic rings. The van der Waals surface area contributed by atoms with Gasteiger partial charge in [-0.25, -0.2) is 0 Å². The lowest BCUT2D eigenvalue weighted by atomic mass is 10.2. The Kier molecular flexibility index (Phi) is 6.15. The molecule has 4 nitrogen and oxygen atoms in total. The van der Waals surface area contributed by atoms with Crippen molar-refractivity contribution in [1.82, 2.24) is 4.90 Å². The fraction of sp³-hybridized carbons (Fsp3) is 0.462. The van der Waals surface area contributed by atoms with Gasteiger partial charge in [0.15, 0.2) is 0 Å². The third-order valence-electron chi connectivity index (χ3n) is 2.40. The maximum atomic E-state index is 11.4. The molecule has 0 fully saturated rings. The van der Waals surface area contributed by atoms with Crippen LogP contribution in [0.2, 0.25) is 0 Å². The summed E-state index contributed by atoms with van der Waals surface area (Å²) in [5, 5.41) is 0. The highest BCUT2D eigenvalue weighted by molar-refractivity contribution is 9.10. The van der Waals surface area contributed by atoms with Crippen LogP contribution in [-0.2, 0) is 16.1 Å². The first-order valence-electron chi connectivity index (χ1n) is 5.73. The monoisotopic (exact) mass is 315 g/mol. The maximum absolute atomic E-state index is 11.4. The Labute approximate surface area is 116 Å². The molecule has 0 aliphatic carbocycles. The lowest BCUT2D eigenvalue weighted by Gasteiger charge is -2.17. The van der Waals surface area contributed by atoms with E-state index in [-0.39, 0.29) is 12.5 Å². The van der Waals surface area contributed by atoms with Gasteiger partial charge < -0.3 is 9.47 Å². The highest BCUT2D eigenvalue weighted by Gasteiger charge is 2.10. The lowest BCUT2D eigenvalue weighted by molar-refractivity contribution is -0.144. The summed E-state index contributed by atoms with van der Waals surface area (Å²) >= 11 is 3.49. The molecule has 0 bridgehead atoms. The van der Waals surface area contributed by atoms with E-state index >= 15 is 0 Å². The molecule has 0 aliphatic heterocycles. The standard InChI is InChI=1S/C13H18BrNO3/c1-4-18-13(16)9-15(2)8-10-7-11(17-3)5-6-12(10)14/h5-7H,4,8-9H2,1-3H3. The summed E-state index contributed by atoms with van der Waals surface area (Å²) < 4.78 is 11.1. The Bertz CT molecular complexity index is 409. The van der Waals surface area contributed by atoms with Gasteiger partial charge in [-0.05, 0) is 37.7 Å². The number of hydrogen-bond acceptors (Lipinski definition) is 4. The van der Waals surface area contributed by atoms with Gasteiger partial charge in [0.2, 0.25) is 0 Å². The number of nitrogens with zero attached hydrogens (tertiary/aromatic N) is 1. The van der Waals surface area contributed by atoms with Crippen molar-refractivity contribution in [2.24, 2.45) is 0 Å². The van der Waals surface area contributed by atoms with E-state index in [0.29, 0.717) is 13.2 Å². The Morgan fingerprint density at radius 3 is 2.78 bits per heavy atom. The van der Waals surface area contributed by atoms with Crippen molar-refractivity contribution in [1.29, 1.82) is 0 Å². The van der Waals surface area contributed by atoms with Crippen LogP contribution in [0.1, 0.15) is 12.5 Å². The molecule has 0 radical (unpaired) electrons. The molecule has 5 heteroatoms. The second-order valence-corrected chi connectivity index (χ2v) is 4.79. The van der Waals surface area contributed by atoms with E-state index in [0.717, 1.165) is 15.8 Å². The largest absolute Gasteiger partial charge is 0.497 e. The predicted molar refractivity (Wildman–Crippen MR) is 73.7 cm³/mol. The normalized spacial score (nSPS) is 10.5. The van der Waals surface area contributed by atoms with Crippen molar-refractivity contribution >= 4 is 21.9 Å². The van der Waals surface area contributed by atoms with E-state index in [9.17, 15) is 4.79 Å². The second-order valence-electron chi connectivity index (χ2n) is 3.93. The molecule has 0 spiro atoms. The summed E-state index contributed by atoms with van der Waals surface area (Å²) in [6, 6.07) is 5.77. The summed E-state index contributed by atoms with van der Waals surface area (Å²) in [6.45, 7) is 3.14. The van der Waals surface area contributed by atoms with Crippen molar-refractivity contribution in [3.05, 3.63) is 28.2 Å². The number of likely N-dealkylation sites (N-methyl/N-ethyl adjacent to an activating group) is 1. The number of benzene rings is 1. The maximum Gasteiger partial charge on any atom is 0.320 e. The van der Waals surface area contributed by atoms with Gasteiger partial charge in [0, 0.05) is 11.0 Å². The Hall–Kier alpha value is -1.07. The molecule has 0 aromatic heterocycles. The summed E-state index contributed by atoms with van der Waals surface area (Å²) in [6.07, 6.45) is 0. The van der Waals surface area contributed by atoms with Gasteiger partial charge in [-0.3, -0.25) is 9.69 Å². The predicted octanol–water partition coefficient (Wildman–Crippen LogP) is 2.45. The average molecular weight is 316 g/mol. The van der Waals surface area contributed by atoms with Crippen molar-refractivity contribution in [2.75, 3.05) is 27.3 Å². The first-order valence-corrected chi connectivity index (χ1v) is 6.52. The van der Waals surface area contributed by atoms with Crippen LogP contribution in [0.5, 0.6) is 5.75 Å². The zero-order valence-electron chi connectivity index (χ0n) is 10.9. The number of esters is 1. The van der Waals surface area contributed by atoms with Crippen LogP contribution in [0.15, 0.2) is 22.7 Å². The molecule has 1 aromatic rings. The number of carbonyl (C=O) groups is 1. The van der Waals surface area contributed by atoms with Gasteiger partial charge in [0.25, 0.3) is 0 Å². The molecule has 0 saturated heterocycles. The van der Waals surface area contributed by atoms with Crippen molar-refractivity contribution < 1.29 is 14.3 Å². The van der Waals surface area contributed by atoms with Crippen LogP contribution < -0.4 is 4.74 Å². The molecule has 0 amide bonds.